The number of hydrogen-bond donors (Lipinski definition) is 1. The minimum Gasteiger partial charge on any atom is -0.399 e. The van der Waals surface area contributed by atoms with Crippen LogP contribution in [0.1, 0.15) is 13.3 Å². The van der Waals surface area contributed by atoms with Crippen LogP contribution in [-0.4, -0.2) is 0 Å². The van der Waals surface area contributed by atoms with Crippen LogP contribution in [0.4, 0.5) is 0 Å². The van der Waals surface area contributed by atoms with Crippen molar-refractivity contribution in [3.05, 3.63) is 24.4 Å². The normalized spacial score (nSPS) is 9.86. The van der Waals surface area contributed by atoms with E-state index in [2.05, 4.69) is 13.5 Å². The van der Waals surface area contributed by atoms with E-state index in [0.29, 0.717) is 5.70 Å². The highest BCUT2D eigenvalue weighted by molar-refractivity contribution is 5.08. The van der Waals surface area contributed by atoms with Gasteiger partial charge in [0, 0.05) is 5.70 Å². The Morgan fingerprint density at radius 2 is 2.43 bits per heavy atom. The Kier molecular flexibility index (Phi) is 3.11. The van der Waals surface area contributed by atoms with Crippen molar-refractivity contribution in [1.82, 2.24) is 0 Å². The van der Waals surface area contributed by atoms with Crippen LogP contribution in [0.15, 0.2) is 24.4 Å². The Morgan fingerprint density at radius 3 is 2.57 bits per heavy atom. The van der Waals surface area contributed by atoms with Gasteiger partial charge >= 0.3 is 0 Å². The summed E-state index contributed by atoms with van der Waals surface area (Å²) in [6, 6.07) is 0. The Labute approximate surface area is 44.5 Å². The Bertz CT molecular complexity index is 82.2. The van der Waals surface area contributed by atoms with Crippen molar-refractivity contribution in [2.45, 2.75) is 13.3 Å². The maximum absolute atomic E-state index is 5.20. The van der Waals surface area contributed by atoms with Crippen molar-refractivity contribution < 1.29 is 0 Å². The highest BCUT2D eigenvalue weighted by Crippen LogP contribution is 1.82. The van der Waals surface area contributed by atoms with E-state index < -0.39 is 0 Å². The molecule has 0 aliphatic carbocycles. The summed E-state index contributed by atoms with van der Waals surface area (Å²) in [5.41, 5.74) is 5.82. The maximum Gasteiger partial charge on any atom is 0.0237 e. The number of hydrogen-bond acceptors (Lipinski definition) is 1. The van der Waals surface area contributed by atoms with Gasteiger partial charge in [-0.3, -0.25) is 0 Å². The predicted octanol–water partition coefficient (Wildman–Crippen LogP) is 1.43. The predicted molar refractivity (Wildman–Crippen MR) is 32.8 cm³/mol. The van der Waals surface area contributed by atoms with Gasteiger partial charge in [0.25, 0.3) is 0 Å². The van der Waals surface area contributed by atoms with Crippen molar-refractivity contribution in [2.24, 2.45) is 5.73 Å². The van der Waals surface area contributed by atoms with Crippen LogP contribution in [0, 0.1) is 0 Å². The van der Waals surface area contributed by atoms with Gasteiger partial charge in [-0.2, -0.15) is 0 Å². The SMILES string of the molecule is C=C(N)/C=C\CC. The molecule has 0 aromatic carbocycles. The zero-order chi connectivity index (χ0) is 5.70. The van der Waals surface area contributed by atoms with Crippen molar-refractivity contribution in [2.75, 3.05) is 0 Å². The summed E-state index contributed by atoms with van der Waals surface area (Å²) in [4.78, 5) is 0. The second-order valence-electron chi connectivity index (χ2n) is 1.39. The molecule has 7 heavy (non-hydrogen) atoms. The first-order valence-corrected chi connectivity index (χ1v) is 2.38. The fourth-order valence-corrected chi connectivity index (χ4v) is 0.269. The Morgan fingerprint density at radius 1 is 1.86 bits per heavy atom. The zero-order valence-corrected chi connectivity index (χ0v) is 4.65. The van der Waals surface area contributed by atoms with Crippen LogP contribution in [0.5, 0.6) is 0 Å². The third-order valence-electron chi connectivity index (χ3n) is 0.568. The zero-order valence-electron chi connectivity index (χ0n) is 4.65. The summed E-state index contributed by atoms with van der Waals surface area (Å²) in [7, 11) is 0. The molecule has 0 atom stereocenters. The van der Waals surface area contributed by atoms with Gasteiger partial charge in [0.1, 0.15) is 0 Å². The van der Waals surface area contributed by atoms with Gasteiger partial charge in [-0.15, -0.1) is 0 Å². The van der Waals surface area contributed by atoms with Crippen LogP contribution in [0.3, 0.4) is 0 Å². The van der Waals surface area contributed by atoms with Gasteiger partial charge in [0.15, 0.2) is 0 Å². The molecule has 1 heteroatoms. The van der Waals surface area contributed by atoms with E-state index >= 15 is 0 Å². The average molecular weight is 97.2 g/mol. The van der Waals surface area contributed by atoms with Crippen molar-refractivity contribution in [1.29, 1.82) is 0 Å². The Hall–Kier alpha value is -0.720. The van der Waals surface area contributed by atoms with Crippen molar-refractivity contribution in [3.63, 3.8) is 0 Å². The highest BCUT2D eigenvalue weighted by Gasteiger charge is 1.67. The fourth-order valence-electron chi connectivity index (χ4n) is 0.269. The van der Waals surface area contributed by atoms with E-state index in [9.17, 15) is 0 Å². The minimum atomic E-state index is 0.627. The summed E-state index contributed by atoms with van der Waals surface area (Å²) in [5, 5.41) is 0. The van der Waals surface area contributed by atoms with E-state index in [4.69, 9.17) is 5.73 Å². The number of rotatable bonds is 2. The molecule has 0 aromatic heterocycles. The first kappa shape index (κ1) is 6.28. The summed E-state index contributed by atoms with van der Waals surface area (Å²) >= 11 is 0. The van der Waals surface area contributed by atoms with Crippen LogP contribution in [-0.2, 0) is 0 Å². The molecule has 0 heterocycles. The lowest BCUT2D eigenvalue weighted by molar-refractivity contribution is 1.21. The number of nitrogens with two attached hydrogens (primary N) is 1. The minimum absolute atomic E-state index is 0.627. The molecule has 0 aliphatic heterocycles. The molecule has 0 amide bonds. The van der Waals surface area contributed by atoms with Gasteiger partial charge in [-0.25, -0.2) is 0 Å². The molecule has 0 saturated carbocycles. The van der Waals surface area contributed by atoms with Crippen LogP contribution < -0.4 is 5.73 Å². The highest BCUT2D eigenvalue weighted by atomic mass is 14.5. The molecule has 0 bridgehead atoms. The van der Waals surface area contributed by atoms with Crippen LogP contribution in [0.25, 0.3) is 0 Å². The third-order valence-corrected chi connectivity index (χ3v) is 0.568. The molecule has 1 nitrogen and oxygen atoms in total. The first-order chi connectivity index (χ1) is 3.27. The quantitative estimate of drug-likeness (QED) is 0.518. The van der Waals surface area contributed by atoms with E-state index in [0.717, 1.165) is 6.42 Å². The van der Waals surface area contributed by atoms with E-state index in [1.165, 1.54) is 0 Å². The van der Waals surface area contributed by atoms with Crippen LogP contribution >= 0.6 is 0 Å². The molecule has 0 saturated heterocycles. The molecular formula is C6H11N. The third kappa shape index (κ3) is 5.28. The lowest BCUT2D eigenvalue weighted by Crippen LogP contribution is -1.87. The van der Waals surface area contributed by atoms with Gasteiger partial charge < -0.3 is 5.73 Å². The van der Waals surface area contributed by atoms with E-state index in [1.54, 1.807) is 6.08 Å². The molecule has 0 unspecified atom stereocenters. The first-order valence-electron chi connectivity index (χ1n) is 2.38. The molecule has 0 rings (SSSR count). The Balaban J connectivity index is 3.26. The standard InChI is InChI=1S/C6H11N/c1-3-4-5-6(2)7/h4-5H,2-3,7H2,1H3/b5-4-. The molecule has 0 radical (unpaired) electrons. The molecular weight excluding hydrogens is 86.1 g/mol. The lowest BCUT2D eigenvalue weighted by atomic mass is 10.4. The molecule has 0 aliphatic rings. The summed E-state index contributed by atoms with van der Waals surface area (Å²) in [6.45, 7) is 5.54. The molecule has 0 aromatic rings. The van der Waals surface area contributed by atoms with Gasteiger partial charge in [0.05, 0.1) is 0 Å². The largest absolute Gasteiger partial charge is 0.399 e. The summed E-state index contributed by atoms with van der Waals surface area (Å²) in [5.74, 6) is 0. The van der Waals surface area contributed by atoms with Gasteiger partial charge in [-0.05, 0) is 12.5 Å². The molecule has 0 fully saturated rings. The maximum atomic E-state index is 5.20. The van der Waals surface area contributed by atoms with Crippen molar-refractivity contribution in [3.8, 4) is 0 Å². The van der Waals surface area contributed by atoms with E-state index in [-0.39, 0.29) is 0 Å². The van der Waals surface area contributed by atoms with E-state index in [1.807, 2.05) is 6.08 Å². The molecule has 0 spiro atoms. The summed E-state index contributed by atoms with van der Waals surface area (Å²) < 4.78 is 0. The average Bonchev–Trinajstić information content (AvgIpc) is 1.61. The fraction of sp³-hybridized carbons (Fsp3) is 0.333. The summed E-state index contributed by atoms with van der Waals surface area (Å²) in [6.07, 6.45) is 4.80. The van der Waals surface area contributed by atoms with Gasteiger partial charge in [-0.1, -0.05) is 19.6 Å². The molecule has 2 N–H and O–H groups in total. The van der Waals surface area contributed by atoms with Gasteiger partial charge in [0.2, 0.25) is 0 Å². The second-order valence-corrected chi connectivity index (χ2v) is 1.39. The number of allylic oxidation sites excluding steroid dienone is 2. The topological polar surface area (TPSA) is 26.0 Å². The molecule has 40 valence electrons. The van der Waals surface area contributed by atoms with Crippen molar-refractivity contribution >= 4 is 0 Å². The lowest BCUT2D eigenvalue weighted by Gasteiger charge is -1.81. The monoisotopic (exact) mass is 97.1 g/mol. The smallest absolute Gasteiger partial charge is 0.0237 e. The van der Waals surface area contributed by atoms with Crippen LogP contribution in [0.2, 0.25) is 0 Å². The second kappa shape index (κ2) is 3.47.